The van der Waals surface area contributed by atoms with Crippen LogP contribution in [0.4, 0.5) is 0 Å². The lowest BCUT2D eigenvalue weighted by Crippen LogP contribution is -2.40. The van der Waals surface area contributed by atoms with Crippen molar-refractivity contribution in [3.63, 3.8) is 0 Å². The summed E-state index contributed by atoms with van der Waals surface area (Å²) < 4.78 is 0. The van der Waals surface area contributed by atoms with Gasteiger partial charge in [-0.3, -0.25) is 9.59 Å². The topological polar surface area (TPSA) is 57.6 Å². The smallest absolute Gasteiger partial charge is 0.306 e. The third-order valence-electron chi connectivity index (χ3n) is 3.74. The number of aliphatic carboxylic acids is 1. The normalized spacial score (nSPS) is 16.4. The molecule has 0 bridgehead atoms. The van der Waals surface area contributed by atoms with E-state index < -0.39 is 5.97 Å². The molecule has 4 nitrogen and oxygen atoms in total. The van der Waals surface area contributed by atoms with Crippen molar-refractivity contribution in [2.24, 2.45) is 5.92 Å². The third-order valence-corrected chi connectivity index (χ3v) is 3.74. The summed E-state index contributed by atoms with van der Waals surface area (Å²) in [5, 5.41) is 8.93. The van der Waals surface area contributed by atoms with E-state index in [9.17, 15) is 9.59 Å². The summed E-state index contributed by atoms with van der Waals surface area (Å²) in [6, 6.07) is 7.64. The van der Waals surface area contributed by atoms with Crippen LogP contribution in [0.25, 0.3) is 0 Å². The zero-order valence-electron chi connectivity index (χ0n) is 11.1. The molecule has 1 saturated heterocycles. The summed E-state index contributed by atoms with van der Waals surface area (Å²) in [6.45, 7) is 3.14. The molecule has 4 heteroatoms. The van der Waals surface area contributed by atoms with Gasteiger partial charge in [0.15, 0.2) is 0 Å². The second-order valence-corrected chi connectivity index (χ2v) is 4.96. The van der Waals surface area contributed by atoms with E-state index in [1.807, 2.05) is 24.3 Å². The molecule has 0 radical (unpaired) electrons. The zero-order valence-corrected chi connectivity index (χ0v) is 11.1. The van der Waals surface area contributed by atoms with Crippen LogP contribution in [0.3, 0.4) is 0 Å². The maximum Gasteiger partial charge on any atom is 0.306 e. The molecular weight excluding hydrogens is 242 g/mol. The van der Waals surface area contributed by atoms with Gasteiger partial charge in [-0.05, 0) is 37.0 Å². The third kappa shape index (κ3) is 3.13. The first-order valence-electron chi connectivity index (χ1n) is 6.73. The Morgan fingerprint density at radius 3 is 2.26 bits per heavy atom. The summed E-state index contributed by atoms with van der Waals surface area (Å²) in [5.74, 6) is -1.04. The van der Waals surface area contributed by atoms with Gasteiger partial charge in [-0.15, -0.1) is 0 Å². The van der Waals surface area contributed by atoms with Crippen molar-refractivity contribution in [2.75, 3.05) is 13.1 Å². The first-order chi connectivity index (χ1) is 9.11. The van der Waals surface area contributed by atoms with Gasteiger partial charge in [0.25, 0.3) is 5.91 Å². The molecule has 1 aliphatic rings. The highest BCUT2D eigenvalue weighted by molar-refractivity contribution is 5.94. The molecule has 1 aliphatic heterocycles. The average molecular weight is 261 g/mol. The molecule has 0 saturated carbocycles. The SMILES string of the molecule is CCc1ccc(C(=O)N2CCC(C(=O)O)CC2)cc1. The molecule has 0 spiro atoms. The fourth-order valence-corrected chi connectivity index (χ4v) is 2.40. The van der Waals surface area contributed by atoms with Crippen LogP contribution in [0.15, 0.2) is 24.3 Å². The molecule has 0 aromatic heterocycles. The number of carbonyl (C=O) groups is 2. The molecule has 1 aromatic rings. The number of piperidine rings is 1. The fraction of sp³-hybridized carbons (Fsp3) is 0.467. The second kappa shape index (κ2) is 5.87. The van der Waals surface area contributed by atoms with E-state index in [0.717, 1.165) is 6.42 Å². The quantitative estimate of drug-likeness (QED) is 0.907. The monoisotopic (exact) mass is 261 g/mol. The van der Waals surface area contributed by atoms with Crippen molar-refractivity contribution in [3.8, 4) is 0 Å². The number of nitrogens with zero attached hydrogens (tertiary/aromatic N) is 1. The molecular formula is C15H19NO3. The van der Waals surface area contributed by atoms with Gasteiger partial charge in [0.1, 0.15) is 0 Å². The number of benzene rings is 1. The Kier molecular flexibility index (Phi) is 4.20. The fourth-order valence-electron chi connectivity index (χ4n) is 2.40. The molecule has 0 unspecified atom stereocenters. The molecule has 0 atom stereocenters. The summed E-state index contributed by atoms with van der Waals surface area (Å²) >= 11 is 0. The summed E-state index contributed by atoms with van der Waals surface area (Å²) in [4.78, 5) is 24.9. The van der Waals surface area contributed by atoms with Gasteiger partial charge in [-0.25, -0.2) is 0 Å². The first kappa shape index (κ1) is 13.6. The Bertz CT molecular complexity index is 459. The van der Waals surface area contributed by atoms with Gasteiger partial charge in [0, 0.05) is 18.7 Å². The maximum absolute atomic E-state index is 12.3. The summed E-state index contributed by atoms with van der Waals surface area (Å²) in [6.07, 6.45) is 2.06. The Labute approximate surface area is 113 Å². The lowest BCUT2D eigenvalue weighted by Gasteiger charge is -2.30. The molecule has 19 heavy (non-hydrogen) atoms. The minimum absolute atomic E-state index is 0.00601. The number of carboxylic acids is 1. The van der Waals surface area contributed by atoms with Crippen molar-refractivity contribution >= 4 is 11.9 Å². The van der Waals surface area contributed by atoms with Crippen LogP contribution in [-0.2, 0) is 11.2 Å². The van der Waals surface area contributed by atoms with Crippen LogP contribution < -0.4 is 0 Å². The predicted molar refractivity (Wildman–Crippen MR) is 72.1 cm³/mol. The number of hydrogen-bond acceptors (Lipinski definition) is 2. The van der Waals surface area contributed by atoms with Gasteiger partial charge in [0.05, 0.1) is 5.92 Å². The Morgan fingerprint density at radius 2 is 1.79 bits per heavy atom. The van der Waals surface area contributed by atoms with Crippen molar-refractivity contribution in [3.05, 3.63) is 35.4 Å². The number of carbonyl (C=O) groups excluding carboxylic acids is 1. The number of amides is 1. The van der Waals surface area contributed by atoms with Crippen LogP contribution in [0, 0.1) is 5.92 Å². The lowest BCUT2D eigenvalue weighted by atomic mass is 9.96. The molecule has 1 N–H and O–H groups in total. The number of likely N-dealkylation sites (tertiary alicyclic amines) is 1. The number of aryl methyl sites for hydroxylation is 1. The van der Waals surface area contributed by atoms with Gasteiger partial charge >= 0.3 is 5.97 Å². The molecule has 1 fully saturated rings. The van der Waals surface area contributed by atoms with E-state index in [1.165, 1.54) is 5.56 Å². The Morgan fingerprint density at radius 1 is 1.21 bits per heavy atom. The highest BCUT2D eigenvalue weighted by Crippen LogP contribution is 2.19. The molecule has 1 heterocycles. The highest BCUT2D eigenvalue weighted by atomic mass is 16.4. The number of carboxylic acid groups (broad SMARTS) is 1. The predicted octanol–water partition coefficient (Wildman–Crippen LogP) is 2.19. The van der Waals surface area contributed by atoms with Crippen molar-refractivity contribution in [1.82, 2.24) is 4.90 Å². The molecule has 0 aliphatic carbocycles. The van der Waals surface area contributed by atoms with Gasteiger partial charge in [-0.1, -0.05) is 19.1 Å². The van der Waals surface area contributed by atoms with Crippen LogP contribution in [0.2, 0.25) is 0 Å². The van der Waals surface area contributed by atoms with E-state index >= 15 is 0 Å². The maximum atomic E-state index is 12.3. The van der Waals surface area contributed by atoms with Crippen molar-refractivity contribution in [1.29, 1.82) is 0 Å². The van der Waals surface area contributed by atoms with Crippen molar-refractivity contribution in [2.45, 2.75) is 26.2 Å². The van der Waals surface area contributed by atoms with Crippen LogP contribution in [0.5, 0.6) is 0 Å². The zero-order chi connectivity index (χ0) is 13.8. The van der Waals surface area contributed by atoms with E-state index in [0.29, 0.717) is 31.5 Å². The van der Waals surface area contributed by atoms with E-state index in [-0.39, 0.29) is 11.8 Å². The average Bonchev–Trinajstić information content (AvgIpc) is 2.46. The van der Waals surface area contributed by atoms with Crippen LogP contribution in [0.1, 0.15) is 35.7 Å². The Hall–Kier alpha value is -1.84. The summed E-state index contributed by atoms with van der Waals surface area (Å²) in [5.41, 5.74) is 1.90. The minimum atomic E-state index is -0.751. The largest absolute Gasteiger partial charge is 0.481 e. The molecule has 2 rings (SSSR count). The van der Waals surface area contributed by atoms with E-state index in [4.69, 9.17) is 5.11 Å². The lowest BCUT2D eigenvalue weighted by molar-refractivity contribution is -0.143. The first-order valence-corrected chi connectivity index (χ1v) is 6.73. The second-order valence-electron chi connectivity index (χ2n) is 4.96. The molecule has 1 amide bonds. The summed E-state index contributed by atoms with van der Waals surface area (Å²) in [7, 11) is 0. The van der Waals surface area contributed by atoms with Gasteiger partial charge < -0.3 is 10.0 Å². The van der Waals surface area contributed by atoms with Crippen LogP contribution in [-0.4, -0.2) is 35.0 Å². The van der Waals surface area contributed by atoms with Gasteiger partial charge in [-0.2, -0.15) is 0 Å². The minimum Gasteiger partial charge on any atom is -0.481 e. The standard InChI is InChI=1S/C15H19NO3/c1-2-11-3-5-12(6-4-11)14(17)16-9-7-13(8-10-16)15(18)19/h3-6,13H,2,7-10H2,1H3,(H,18,19). The highest BCUT2D eigenvalue weighted by Gasteiger charge is 2.27. The Balaban J connectivity index is 1.98. The van der Waals surface area contributed by atoms with Crippen LogP contribution >= 0.6 is 0 Å². The molecule has 1 aromatic carbocycles. The number of rotatable bonds is 3. The number of hydrogen-bond donors (Lipinski definition) is 1. The molecule has 102 valence electrons. The van der Waals surface area contributed by atoms with E-state index in [1.54, 1.807) is 4.90 Å². The van der Waals surface area contributed by atoms with Gasteiger partial charge in [0.2, 0.25) is 0 Å². The van der Waals surface area contributed by atoms with Crippen molar-refractivity contribution < 1.29 is 14.7 Å². The van der Waals surface area contributed by atoms with E-state index in [2.05, 4.69) is 6.92 Å².